The molecule has 0 radical (unpaired) electrons. The van der Waals surface area contributed by atoms with Crippen LogP contribution in [0.5, 0.6) is 5.75 Å². The summed E-state index contributed by atoms with van der Waals surface area (Å²) in [7, 11) is 0.380. The fourth-order valence-electron chi connectivity index (χ4n) is 5.47. The van der Waals surface area contributed by atoms with Crippen molar-refractivity contribution in [2.24, 2.45) is 0 Å². The molecule has 5 rings (SSSR count). The van der Waals surface area contributed by atoms with Crippen LogP contribution in [0.2, 0.25) is 25.7 Å². The van der Waals surface area contributed by atoms with Crippen molar-refractivity contribution in [1.29, 1.82) is 0 Å². The summed E-state index contributed by atoms with van der Waals surface area (Å²) in [5.74, 6) is 0.420. The molecule has 0 saturated carbocycles. The highest BCUT2D eigenvalue weighted by molar-refractivity contribution is 6.76. The predicted octanol–water partition coefficient (Wildman–Crippen LogP) is 7.70. The molecule has 1 fully saturated rings. The predicted molar refractivity (Wildman–Crippen MR) is 180 cm³/mol. The summed E-state index contributed by atoms with van der Waals surface area (Å²) in [6.45, 7) is 9.71. The summed E-state index contributed by atoms with van der Waals surface area (Å²) < 4.78 is 29.8. The molecule has 0 amide bonds. The van der Waals surface area contributed by atoms with Crippen molar-refractivity contribution in [3.63, 3.8) is 0 Å². The number of rotatable bonds is 14. The molecule has 7 nitrogen and oxygen atoms in total. The lowest BCUT2D eigenvalue weighted by molar-refractivity contribution is -0.222. The van der Waals surface area contributed by atoms with Crippen molar-refractivity contribution in [2.45, 2.75) is 57.0 Å². The van der Waals surface area contributed by atoms with Gasteiger partial charge in [0.2, 0.25) is 0 Å². The lowest BCUT2D eigenvalue weighted by atomic mass is 9.87. The standard InChI is InChI=1S/C37H45NO6Si/c1-40-33-11-7-10-31(23-33)36(39)42-25-27-12-14-29(15-13-27)34-18-19-38-24-35(34)44-37(43-26-41-20-21-45(2,3)4)32-17-16-28-8-5-6-9-30(28)22-32/h5-17,22-23,34-35,37-38H,18-21,24-26H2,1-4H3. The number of carbonyl (C=O) groups excluding carboxylic acids is 1. The monoisotopic (exact) mass is 627 g/mol. The molecule has 3 atom stereocenters. The lowest BCUT2D eigenvalue weighted by Gasteiger charge is -2.35. The maximum atomic E-state index is 12.6. The first kappa shape index (κ1) is 32.8. The van der Waals surface area contributed by atoms with Crippen LogP contribution >= 0.6 is 0 Å². The summed E-state index contributed by atoms with van der Waals surface area (Å²) in [6, 6.07) is 31.0. The third-order valence-corrected chi connectivity index (χ3v) is 9.86. The molecule has 1 heterocycles. The number of methoxy groups -OCH3 is 1. The van der Waals surface area contributed by atoms with Crippen LogP contribution < -0.4 is 10.1 Å². The largest absolute Gasteiger partial charge is 0.497 e. The van der Waals surface area contributed by atoms with Crippen molar-refractivity contribution < 1.29 is 28.5 Å². The zero-order valence-electron chi connectivity index (χ0n) is 26.8. The van der Waals surface area contributed by atoms with Gasteiger partial charge in [0.25, 0.3) is 0 Å². The van der Waals surface area contributed by atoms with Crippen molar-refractivity contribution >= 4 is 24.8 Å². The molecule has 4 aromatic carbocycles. The lowest BCUT2D eigenvalue weighted by Crippen LogP contribution is -2.42. The van der Waals surface area contributed by atoms with Gasteiger partial charge in [0.1, 0.15) is 19.1 Å². The van der Waals surface area contributed by atoms with E-state index in [1.807, 2.05) is 24.3 Å². The molecular formula is C37H45NO6Si. The van der Waals surface area contributed by atoms with E-state index in [1.54, 1.807) is 31.4 Å². The second-order valence-corrected chi connectivity index (χ2v) is 18.4. The molecule has 8 heteroatoms. The van der Waals surface area contributed by atoms with Crippen molar-refractivity contribution in [3.05, 3.63) is 113 Å². The van der Waals surface area contributed by atoms with Crippen molar-refractivity contribution in [3.8, 4) is 5.75 Å². The highest BCUT2D eigenvalue weighted by Gasteiger charge is 2.31. The number of esters is 1. The third kappa shape index (κ3) is 9.48. The number of hydrogen-bond donors (Lipinski definition) is 1. The van der Waals surface area contributed by atoms with Crippen LogP contribution in [0.3, 0.4) is 0 Å². The van der Waals surface area contributed by atoms with Gasteiger partial charge in [-0.2, -0.15) is 0 Å². The van der Waals surface area contributed by atoms with Gasteiger partial charge in [0, 0.05) is 32.7 Å². The normalized spacial score (nSPS) is 17.6. The fourth-order valence-corrected chi connectivity index (χ4v) is 6.23. The Kier molecular flexibility index (Phi) is 11.4. The zero-order chi connectivity index (χ0) is 31.6. The van der Waals surface area contributed by atoms with Crippen molar-refractivity contribution in [2.75, 3.05) is 33.6 Å². The first-order valence-electron chi connectivity index (χ1n) is 15.7. The summed E-state index contributed by atoms with van der Waals surface area (Å²) >= 11 is 0. The molecule has 3 unspecified atom stereocenters. The van der Waals surface area contributed by atoms with Gasteiger partial charge in [-0.15, -0.1) is 0 Å². The minimum Gasteiger partial charge on any atom is -0.497 e. The van der Waals surface area contributed by atoms with Crippen molar-refractivity contribution in [1.82, 2.24) is 5.32 Å². The molecule has 0 aliphatic carbocycles. The summed E-state index contributed by atoms with van der Waals surface area (Å²) in [5, 5.41) is 5.83. The van der Waals surface area contributed by atoms with Gasteiger partial charge >= 0.3 is 5.97 Å². The second kappa shape index (κ2) is 15.6. The Bertz CT molecular complexity index is 1540. The molecule has 238 valence electrons. The van der Waals surface area contributed by atoms with E-state index in [4.69, 9.17) is 23.7 Å². The molecule has 45 heavy (non-hydrogen) atoms. The van der Waals surface area contributed by atoms with Crippen LogP contribution in [0.4, 0.5) is 0 Å². The highest BCUT2D eigenvalue weighted by Crippen LogP contribution is 2.33. The minimum atomic E-state index is -1.19. The molecule has 1 aliphatic heterocycles. The number of piperidine rings is 1. The fraction of sp³-hybridized carbons (Fsp3) is 0.378. The molecule has 1 saturated heterocycles. The van der Waals surface area contributed by atoms with E-state index in [0.717, 1.165) is 35.5 Å². The molecule has 1 N–H and O–H groups in total. The average Bonchev–Trinajstić information content (AvgIpc) is 3.06. The van der Waals surface area contributed by atoms with Crippen LogP contribution in [0.1, 0.15) is 45.7 Å². The Morgan fingerprint density at radius 1 is 0.933 bits per heavy atom. The van der Waals surface area contributed by atoms with Gasteiger partial charge in [0.15, 0.2) is 6.29 Å². The maximum absolute atomic E-state index is 12.6. The first-order chi connectivity index (χ1) is 21.8. The highest BCUT2D eigenvalue weighted by atomic mass is 28.3. The summed E-state index contributed by atoms with van der Waals surface area (Å²) in [4.78, 5) is 12.6. The quantitative estimate of drug-likeness (QED) is 0.0665. The summed E-state index contributed by atoms with van der Waals surface area (Å²) in [6.07, 6.45) is 0.268. The third-order valence-electron chi connectivity index (χ3n) is 8.15. The van der Waals surface area contributed by atoms with Crippen LogP contribution in [0, 0.1) is 0 Å². The number of nitrogens with one attached hydrogen (secondary N) is 1. The topological polar surface area (TPSA) is 75.3 Å². The van der Waals surface area contributed by atoms with Gasteiger partial charge in [-0.1, -0.05) is 86.4 Å². The Hall–Kier alpha value is -3.53. The van der Waals surface area contributed by atoms with E-state index < -0.39 is 14.4 Å². The van der Waals surface area contributed by atoms with Gasteiger partial charge in [-0.25, -0.2) is 4.79 Å². The van der Waals surface area contributed by atoms with E-state index in [9.17, 15) is 4.79 Å². The maximum Gasteiger partial charge on any atom is 0.338 e. The van der Waals surface area contributed by atoms with E-state index in [1.165, 1.54) is 10.9 Å². The number of carbonyl (C=O) groups is 1. The summed E-state index contributed by atoms with van der Waals surface area (Å²) in [5.41, 5.74) is 3.55. The van der Waals surface area contributed by atoms with Crippen LogP contribution in [0.15, 0.2) is 91.0 Å². The molecule has 4 aromatic rings. The molecular weight excluding hydrogens is 582 g/mol. The van der Waals surface area contributed by atoms with Gasteiger partial charge in [-0.3, -0.25) is 0 Å². The Labute approximate surface area is 267 Å². The SMILES string of the molecule is COc1cccc(C(=O)OCc2ccc(C3CCNCC3OC(OCOCC[Si](C)(C)C)c3ccc4ccccc4c3)cc2)c1. The Morgan fingerprint density at radius 3 is 2.51 bits per heavy atom. The molecule has 1 aliphatic rings. The first-order valence-corrected chi connectivity index (χ1v) is 19.4. The number of fused-ring (bicyclic) bond motifs is 1. The molecule has 0 spiro atoms. The minimum absolute atomic E-state index is 0.103. The van der Waals surface area contributed by atoms with E-state index in [-0.39, 0.29) is 31.4 Å². The van der Waals surface area contributed by atoms with E-state index in [0.29, 0.717) is 24.5 Å². The molecule has 0 aromatic heterocycles. The van der Waals surface area contributed by atoms with E-state index >= 15 is 0 Å². The Balaban J connectivity index is 1.25. The smallest absolute Gasteiger partial charge is 0.338 e. The molecule has 0 bridgehead atoms. The van der Waals surface area contributed by atoms with Crippen LogP contribution in [0.25, 0.3) is 10.8 Å². The van der Waals surface area contributed by atoms with Gasteiger partial charge in [0.05, 0.1) is 18.8 Å². The van der Waals surface area contributed by atoms with Gasteiger partial charge < -0.3 is 29.0 Å². The van der Waals surface area contributed by atoms with Crippen LogP contribution in [-0.2, 0) is 25.6 Å². The number of hydrogen-bond acceptors (Lipinski definition) is 7. The number of benzene rings is 4. The van der Waals surface area contributed by atoms with Crippen LogP contribution in [-0.4, -0.2) is 53.7 Å². The zero-order valence-corrected chi connectivity index (χ0v) is 27.8. The van der Waals surface area contributed by atoms with E-state index in [2.05, 4.69) is 67.4 Å². The second-order valence-electron chi connectivity index (χ2n) is 12.8. The average molecular weight is 628 g/mol. The Morgan fingerprint density at radius 2 is 1.73 bits per heavy atom. The number of ether oxygens (including phenoxy) is 5. The van der Waals surface area contributed by atoms with Gasteiger partial charge in [-0.05, 0) is 65.2 Å².